The van der Waals surface area contributed by atoms with Gasteiger partial charge in [0.15, 0.2) is 5.16 Å². The predicted molar refractivity (Wildman–Crippen MR) is 110 cm³/mol. The standard InChI is InChI=1S/C21H10N6OS2/c22-8-13(9-23)12-4-6-21(7-5-12)20(10-24,11-25)27-18(28)16-14-2-1-3-15(14)29-17(16)26-19(27)30-21/h4-7H,1-3H2. The average Bonchev–Trinajstić information content (AvgIpc) is 3.40. The number of nitriles is 4. The number of hydrogen-bond acceptors (Lipinski definition) is 8. The van der Waals surface area contributed by atoms with Gasteiger partial charge < -0.3 is 0 Å². The van der Waals surface area contributed by atoms with Gasteiger partial charge in [-0.3, -0.25) is 9.36 Å². The van der Waals surface area contributed by atoms with E-state index in [9.17, 15) is 15.3 Å². The number of fused-ring (bicyclic) bond motifs is 4. The van der Waals surface area contributed by atoms with Gasteiger partial charge in [-0.15, -0.1) is 11.3 Å². The molecule has 0 atom stereocenters. The zero-order chi connectivity index (χ0) is 21.1. The summed E-state index contributed by atoms with van der Waals surface area (Å²) in [6.07, 6.45) is 9.03. The number of aromatic nitrogens is 2. The Balaban J connectivity index is 1.78. The summed E-state index contributed by atoms with van der Waals surface area (Å²) in [6.45, 7) is 0. The molecular formula is C21H10N6OS2. The highest BCUT2D eigenvalue weighted by Crippen LogP contribution is 2.54. The number of nitrogens with zero attached hydrogens (tertiary/aromatic N) is 6. The van der Waals surface area contributed by atoms with Gasteiger partial charge in [0.05, 0.1) is 5.39 Å². The quantitative estimate of drug-likeness (QED) is 0.467. The molecule has 5 rings (SSSR count). The van der Waals surface area contributed by atoms with Crippen LogP contribution in [0.1, 0.15) is 16.9 Å². The topological polar surface area (TPSA) is 130 Å². The van der Waals surface area contributed by atoms with Crippen molar-refractivity contribution in [3.05, 3.63) is 56.2 Å². The van der Waals surface area contributed by atoms with Crippen molar-refractivity contribution >= 4 is 33.3 Å². The largest absolute Gasteiger partial charge is 0.268 e. The van der Waals surface area contributed by atoms with Gasteiger partial charge in [0.2, 0.25) is 5.54 Å². The first kappa shape index (κ1) is 18.4. The van der Waals surface area contributed by atoms with Crippen LogP contribution < -0.4 is 5.56 Å². The molecule has 7 nitrogen and oxygen atoms in total. The molecule has 0 aromatic carbocycles. The Morgan fingerprint density at radius 2 is 1.80 bits per heavy atom. The maximum Gasteiger partial charge on any atom is 0.265 e. The Morgan fingerprint density at radius 1 is 1.10 bits per heavy atom. The monoisotopic (exact) mass is 426 g/mol. The number of thiophene rings is 1. The summed E-state index contributed by atoms with van der Waals surface area (Å²) in [5.74, 6) is 0. The molecule has 2 aliphatic carbocycles. The van der Waals surface area contributed by atoms with Crippen LogP contribution in [0.2, 0.25) is 0 Å². The molecule has 0 bridgehead atoms. The van der Waals surface area contributed by atoms with E-state index in [1.807, 2.05) is 12.1 Å². The Morgan fingerprint density at radius 3 is 2.43 bits per heavy atom. The molecule has 1 aliphatic heterocycles. The molecule has 9 heteroatoms. The van der Waals surface area contributed by atoms with Gasteiger partial charge in [-0.1, -0.05) is 36.1 Å². The first-order valence-corrected chi connectivity index (χ1v) is 10.7. The van der Waals surface area contributed by atoms with E-state index in [-0.39, 0.29) is 11.1 Å². The molecule has 0 amide bonds. The molecule has 1 spiro atoms. The lowest BCUT2D eigenvalue weighted by molar-refractivity contribution is 0.428. The number of aryl methyl sites for hydroxylation is 2. The van der Waals surface area contributed by atoms with Crippen LogP contribution in [0.3, 0.4) is 0 Å². The van der Waals surface area contributed by atoms with Gasteiger partial charge in [0.25, 0.3) is 5.56 Å². The highest BCUT2D eigenvalue weighted by atomic mass is 32.2. The summed E-state index contributed by atoms with van der Waals surface area (Å²) >= 11 is 2.67. The molecule has 0 N–H and O–H groups in total. The fourth-order valence-corrected chi connectivity index (χ4v) is 6.92. The molecule has 3 aliphatic rings. The minimum absolute atomic E-state index is 0.0660. The highest BCUT2D eigenvalue weighted by molar-refractivity contribution is 8.01. The molecule has 0 unspecified atom stereocenters. The highest BCUT2D eigenvalue weighted by Gasteiger charge is 2.60. The second kappa shape index (κ2) is 6.18. The van der Waals surface area contributed by atoms with Crippen LogP contribution in [0.5, 0.6) is 0 Å². The molecule has 0 radical (unpaired) electrons. The summed E-state index contributed by atoms with van der Waals surface area (Å²) < 4.78 is 0.0338. The van der Waals surface area contributed by atoms with E-state index in [0.29, 0.717) is 20.9 Å². The van der Waals surface area contributed by atoms with Crippen molar-refractivity contribution in [1.82, 2.24) is 9.55 Å². The molecule has 0 saturated carbocycles. The van der Waals surface area contributed by atoms with Crippen molar-refractivity contribution < 1.29 is 0 Å². The third kappa shape index (κ3) is 2.06. The zero-order valence-electron chi connectivity index (χ0n) is 15.3. The minimum Gasteiger partial charge on any atom is -0.268 e. The van der Waals surface area contributed by atoms with Crippen LogP contribution in [0.4, 0.5) is 0 Å². The van der Waals surface area contributed by atoms with Crippen molar-refractivity contribution in [3.8, 4) is 24.3 Å². The Hall–Kier alpha value is -3.63. The fraction of sp³-hybridized carbons (Fsp3) is 0.238. The number of allylic oxidation sites excluding steroid dienone is 4. The van der Waals surface area contributed by atoms with Gasteiger partial charge in [0.1, 0.15) is 39.4 Å². The van der Waals surface area contributed by atoms with E-state index >= 15 is 0 Å². The average molecular weight is 426 g/mol. The second-order valence-electron chi connectivity index (χ2n) is 7.12. The number of hydrogen-bond donors (Lipinski definition) is 0. The van der Waals surface area contributed by atoms with Gasteiger partial charge in [0, 0.05) is 10.5 Å². The van der Waals surface area contributed by atoms with E-state index in [4.69, 9.17) is 10.5 Å². The van der Waals surface area contributed by atoms with Crippen molar-refractivity contribution in [2.45, 2.75) is 34.7 Å². The third-order valence-corrected chi connectivity index (χ3v) is 8.27. The van der Waals surface area contributed by atoms with Crippen molar-refractivity contribution in [2.24, 2.45) is 0 Å². The Labute approximate surface area is 179 Å². The third-order valence-electron chi connectivity index (χ3n) is 5.73. The van der Waals surface area contributed by atoms with Crippen LogP contribution >= 0.6 is 23.1 Å². The lowest BCUT2D eigenvalue weighted by Gasteiger charge is -2.32. The van der Waals surface area contributed by atoms with Crippen molar-refractivity contribution in [2.75, 3.05) is 0 Å². The SMILES string of the molecule is N#CC(C#N)=C1C=CC2(C=C1)Sc1nc3sc4c(c3c(=O)n1C2(C#N)C#N)CCC4. The molecule has 2 aromatic heterocycles. The maximum atomic E-state index is 13.5. The first-order chi connectivity index (χ1) is 14.5. The lowest BCUT2D eigenvalue weighted by Crippen LogP contribution is -2.49. The zero-order valence-corrected chi connectivity index (χ0v) is 17.0. The summed E-state index contributed by atoms with van der Waals surface area (Å²) in [5.41, 5.74) is -0.878. The summed E-state index contributed by atoms with van der Waals surface area (Å²) in [7, 11) is 0. The predicted octanol–water partition coefficient (Wildman–Crippen LogP) is 3.00. The van der Waals surface area contributed by atoms with Crippen molar-refractivity contribution in [3.63, 3.8) is 0 Å². The van der Waals surface area contributed by atoms with Crippen LogP contribution in [-0.2, 0) is 18.4 Å². The molecular weight excluding hydrogens is 416 g/mol. The lowest BCUT2D eigenvalue weighted by atomic mass is 9.81. The van der Waals surface area contributed by atoms with Gasteiger partial charge in [-0.2, -0.15) is 21.0 Å². The summed E-state index contributed by atoms with van der Waals surface area (Å²) in [5, 5.41) is 39.3. The van der Waals surface area contributed by atoms with Crippen LogP contribution in [0.25, 0.3) is 10.2 Å². The Bertz CT molecular complexity index is 1430. The maximum absolute atomic E-state index is 13.5. The van der Waals surface area contributed by atoms with Crippen LogP contribution in [0, 0.1) is 45.3 Å². The first-order valence-electron chi connectivity index (χ1n) is 9.06. The number of thioether (sulfide) groups is 1. The summed E-state index contributed by atoms with van der Waals surface area (Å²) in [6, 6.07) is 7.82. The van der Waals surface area contributed by atoms with Crippen LogP contribution in [-0.4, -0.2) is 14.3 Å². The molecule has 2 aromatic rings. The summed E-state index contributed by atoms with van der Waals surface area (Å²) in [4.78, 5) is 20.0. The molecule has 142 valence electrons. The minimum atomic E-state index is -1.84. The van der Waals surface area contributed by atoms with Crippen molar-refractivity contribution in [1.29, 1.82) is 21.0 Å². The van der Waals surface area contributed by atoms with Gasteiger partial charge in [-0.25, -0.2) is 4.98 Å². The van der Waals surface area contributed by atoms with E-state index in [1.165, 1.54) is 27.7 Å². The van der Waals surface area contributed by atoms with Gasteiger partial charge in [-0.05, 0) is 24.8 Å². The molecule has 30 heavy (non-hydrogen) atoms. The van der Waals surface area contributed by atoms with E-state index in [2.05, 4.69) is 17.1 Å². The van der Waals surface area contributed by atoms with Crippen LogP contribution in [0.15, 0.2) is 45.4 Å². The molecule has 3 heterocycles. The smallest absolute Gasteiger partial charge is 0.265 e. The number of rotatable bonds is 0. The fourth-order valence-electron chi connectivity index (χ4n) is 4.26. The van der Waals surface area contributed by atoms with E-state index < -0.39 is 10.3 Å². The van der Waals surface area contributed by atoms with E-state index in [1.54, 1.807) is 24.3 Å². The second-order valence-corrected chi connectivity index (χ2v) is 9.45. The van der Waals surface area contributed by atoms with Gasteiger partial charge >= 0.3 is 0 Å². The molecule has 0 fully saturated rings. The normalized spacial score (nSPS) is 22.2. The Kier molecular flexibility index (Phi) is 3.79. The van der Waals surface area contributed by atoms with E-state index in [0.717, 1.165) is 29.7 Å². The molecule has 0 saturated heterocycles.